The fourth-order valence-corrected chi connectivity index (χ4v) is 4.75. The zero-order valence-electron chi connectivity index (χ0n) is 19.0. The van der Waals surface area contributed by atoms with Crippen LogP contribution in [0.2, 0.25) is 5.02 Å². The molecule has 0 aliphatic carbocycles. The van der Waals surface area contributed by atoms with E-state index < -0.39 is 18.2 Å². The summed E-state index contributed by atoms with van der Waals surface area (Å²) in [5.41, 5.74) is 9.13. The van der Waals surface area contributed by atoms with Crippen molar-refractivity contribution in [2.45, 2.75) is 44.8 Å². The van der Waals surface area contributed by atoms with Crippen LogP contribution < -0.4 is 10.5 Å². The zero-order valence-corrected chi connectivity index (χ0v) is 19.7. The molecule has 2 unspecified atom stereocenters. The highest BCUT2D eigenvalue weighted by atomic mass is 35.5. The van der Waals surface area contributed by atoms with Gasteiger partial charge in [0.1, 0.15) is 24.9 Å². The Morgan fingerprint density at radius 2 is 1.91 bits per heavy atom. The van der Waals surface area contributed by atoms with E-state index in [4.69, 9.17) is 26.8 Å². The number of morpholine rings is 1. The van der Waals surface area contributed by atoms with E-state index in [9.17, 15) is 14.7 Å². The van der Waals surface area contributed by atoms with Gasteiger partial charge in [-0.25, -0.2) is 0 Å². The number of amides is 1. The van der Waals surface area contributed by atoms with Crippen LogP contribution in [0, 0.1) is 0 Å². The molecule has 34 heavy (non-hydrogen) atoms. The zero-order chi connectivity index (χ0) is 24.1. The van der Waals surface area contributed by atoms with Gasteiger partial charge < -0.3 is 25.1 Å². The van der Waals surface area contributed by atoms with Crippen LogP contribution in [0.3, 0.4) is 0 Å². The number of halogens is 1. The van der Waals surface area contributed by atoms with Crippen molar-refractivity contribution in [3.8, 4) is 5.75 Å². The van der Waals surface area contributed by atoms with Crippen LogP contribution in [0.25, 0.3) is 0 Å². The molecule has 0 spiro atoms. The molecule has 2 heterocycles. The number of aldehydes is 1. The van der Waals surface area contributed by atoms with Gasteiger partial charge in [0.15, 0.2) is 0 Å². The van der Waals surface area contributed by atoms with Gasteiger partial charge in [-0.15, -0.1) is 0 Å². The lowest BCUT2D eigenvalue weighted by Crippen LogP contribution is -2.43. The number of nitrogens with two attached hydrogens (primary N) is 1. The number of carbonyl (C=O) groups excluding carboxylic acids is 2. The third kappa shape index (κ3) is 5.59. The molecule has 3 N–H and O–H groups in total. The van der Waals surface area contributed by atoms with E-state index in [2.05, 4.69) is 17.0 Å². The first-order valence-electron chi connectivity index (χ1n) is 11.5. The summed E-state index contributed by atoms with van der Waals surface area (Å²) in [5.74, 6) is -0.101. The molecule has 8 nitrogen and oxygen atoms in total. The minimum Gasteiger partial charge on any atom is -0.487 e. The van der Waals surface area contributed by atoms with E-state index in [1.54, 1.807) is 17.0 Å². The monoisotopic (exact) mass is 487 g/mol. The molecule has 2 aliphatic heterocycles. The van der Waals surface area contributed by atoms with Crippen molar-refractivity contribution < 1.29 is 24.2 Å². The van der Waals surface area contributed by atoms with Gasteiger partial charge >= 0.3 is 0 Å². The summed E-state index contributed by atoms with van der Waals surface area (Å²) in [6.45, 7) is 4.89. The lowest BCUT2D eigenvalue weighted by atomic mass is 10.1. The van der Waals surface area contributed by atoms with Crippen LogP contribution in [0.15, 0.2) is 36.4 Å². The molecule has 1 amide bonds. The van der Waals surface area contributed by atoms with E-state index in [0.717, 1.165) is 50.3 Å². The molecule has 182 valence electrons. The quantitative estimate of drug-likeness (QED) is 0.496. The number of aliphatic hydroxyl groups excluding tert-OH is 1. The van der Waals surface area contributed by atoms with E-state index in [1.165, 1.54) is 5.56 Å². The second kappa shape index (κ2) is 11.3. The Labute approximate surface area is 204 Å². The van der Waals surface area contributed by atoms with Crippen molar-refractivity contribution in [1.29, 1.82) is 0 Å². The smallest absolute Gasteiger partial charge is 0.234 e. The Morgan fingerprint density at radius 1 is 1.21 bits per heavy atom. The van der Waals surface area contributed by atoms with Crippen molar-refractivity contribution in [1.82, 2.24) is 9.80 Å². The van der Waals surface area contributed by atoms with Gasteiger partial charge in [0.2, 0.25) is 5.91 Å². The van der Waals surface area contributed by atoms with E-state index in [0.29, 0.717) is 22.9 Å². The van der Waals surface area contributed by atoms with Crippen LogP contribution in [-0.4, -0.2) is 59.4 Å². The van der Waals surface area contributed by atoms with Crippen LogP contribution in [-0.2, 0) is 34.0 Å². The molecule has 9 heteroatoms. The fraction of sp³-hybridized carbons (Fsp3) is 0.440. The number of primary amides is 1. The molecular weight excluding hydrogens is 458 g/mol. The summed E-state index contributed by atoms with van der Waals surface area (Å²) in [4.78, 5) is 26.8. The molecule has 1 fully saturated rings. The number of aliphatic hydroxyl groups is 1. The summed E-state index contributed by atoms with van der Waals surface area (Å²) in [6, 6.07) is 10.9. The van der Waals surface area contributed by atoms with Gasteiger partial charge in [-0.05, 0) is 23.6 Å². The third-order valence-electron chi connectivity index (χ3n) is 6.38. The van der Waals surface area contributed by atoms with Crippen molar-refractivity contribution in [2.75, 3.05) is 26.3 Å². The lowest BCUT2D eigenvalue weighted by Gasteiger charge is -2.27. The topological polar surface area (TPSA) is 105 Å². The number of nitrogens with zero attached hydrogens (tertiary/aromatic N) is 2. The van der Waals surface area contributed by atoms with Crippen LogP contribution >= 0.6 is 11.6 Å². The van der Waals surface area contributed by atoms with Gasteiger partial charge in [0, 0.05) is 43.7 Å². The van der Waals surface area contributed by atoms with Crippen LogP contribution in [0.5, 0.6) is 5.75 Å². The fourth-order valence-electron chi connectivity index (χ4n) is 4.52. The Bertz CT molecular complexity index is 1010. The maximum Gasteiger partial charge on any atom is 0.234 e. The minimum absolute atomic E-state index is 0.179. The summed E-state index contributed by atoms with van der Waals surface area (Å²) in [6.07, 6.45) is 0.130. The van der Waals surface area contributed by atoms with Gasteiger partial charge in [0.05, 0.1) is 24.3 Å². The summed E-state index contributed by atoms with van der Waals surface area (Å²) in [7, 11) is 0. The van der Waals surface area contributed by atoms with E-state index in [-0.39, 0.29) is 19.4 Å². The number of ether oxygens (including phenoxy) is 2. The highest BCUT2D eigenvalue weighted by Gasteiger charge is 2.38. The molecule has 0 radical (unpaired) electrons. The number of hydrogen-bond acceptors (Lipinski definition) is 7. The third-order valence-corrected chi connectivity index (χ3v) is 6.68. The first-order valence-corrected chi connectivity index (χ1v) is 11.8. The maximum absolute atomic E-state index is 12.0. The SMILES string of the molecule is NC(=O)C(CCC=O)N1Cc2c(ccc(Cl)c2OCc2ccc(CN3CCOCC3)cc2)C1O. The number of fused-ring (bicyclic) bond motifs is 1. The summed E-state index contributed by atoms with van der Waals surface area (Å²) >= 11 is 6.45. The predicted octanol–water partition coefficient (Wildman–Crippen LogP) is 2.39. The maximum atomic E-state index is 12.0. The molecule has 0 aromatic heterocycles. The Kier molecular flexibility index (Phi) is 8.18. The van der Waals surface area contributed by atoms with Gasteiger partial charge in [0.25, 0.3) is 0 Å². The highest BCUT2D eigenvalue weighted by molar-refractivity contribution is 6.32. The first kappa shape index (κ1) is 24.6. The predicted molar refractivity (Wildman–Crippen MR) is 127 cm³/mol. The molecule has 2 atom stereocenters. The molecule has 1 saturated heterocycles. The second-order valence-electron chi connectivity index (χ2n) is 8.65. The first-order chi connectivity index (χ1) is 16.5. The van der Waals surface area contributed by atoms with Crippen LogP contribution in [0.1, 0.15) is 41.3 Å². The molecule has 0 bridgehead atoms. The molecule has 2 aromatic carbocycles. The molecule has 0 saturated carbocycles. The number of carbonyl (C=O) groups is 2. The second-order valence-corrected chi connectivity index (χ2v) is 9.05. The number of benzene rings is 2. The minimum atomic E-state index is -1.03. The van der Waals surface area contributed by atoms with Crippen molar-refractivity contribution in [2.24, 2.45) is 5.73 Å². The average molecular weight is 488 g/mol. The van der Waals surface area contributed by atoms with Crippen LogP contribution in [0.4, 0.5) is 0 Å². The Morgan fingerprint density at radius 3 is 2.59 bits per heavy atom. The standard InChI is InChI=1S/C25H30ClN3O5/c26-21-8-7-19-20(15-29(25(19)32)22(24(27)31)2-1-11-30)23(21)34-16-18-5-3-17(4-6-18)14-28-9-12-33-13-10-28/h3-8,11,22,25,32H,1-2,9-10,12-16H2,(H2,27,31). The van der Waals surface area contributed by atoms with Crippen molar-refractivity contribution in [3.05, 3.63) is 63.7 Å². The average Bonchev–Trinajstić information content (AvgIpc) is 3.16. The van der Waals surface area contributed by atoms with Crippen molar-refractivity contribution in [3.63, 3.8) is 0 Å². The van der Waals surface area contributed by atoms with Gasteiger partial charge in [-0.1, -0.05) is 41.9 Å². The highest BCUT2D eigenvalue weighted by Crippen LogP contribution is 2.42. The van der Waals surface area contributed by atoms with Gasteiger partial charge in [-0.2, -0.15) is 0 Å². The molecule has 2 aromatic rings. The lowest BCUT2D eigenvalue weighted by molar-refractivity contribution is -0.129. The Balaban J connectivity index is 1.44. The summed E-state index contributed by atoms with van der Waals surface area (Å²) < 4.78 is 11.5. The van der Waals surface area contributed by atoms with E-state index in [1.807, 2.05) is 12.1 Å². The van der Waals surface area contributed by atoms with E-state index >= 15 is 0 Å². The Hall–Kier alpha value is -2.49. The molecule has 2 aliphatic rings. The van der Waals surface area contributed by atoms with Gasteiger partial charge in [-0.3, -0.25) is 14.6 Å². The number of hydrogen-bond donors (Lipinski definition) is 2. The molecular formula is C25H30ClN3O5. The van der Waals surface area contributed by atoms with Crippen molar-refractivity contribution >= 4 is 23.8 Å². The number of rotatable bonds is 10. The normalized spacial score (nSPS) is 19.5. The largest absolute Gasteiger partial charge is 0.487 e. The summed E-state index contributed by atoms with van der Waals surface area (Å²) in [5, 5.41) is 11.3. The molecule has 4 rings (SSSR count).